The fourth-order valence-corrected chi connectivity index (χ4v) is 3.82. The van der Waals surface area contributed by atoms with E-state index in [0.29, 0.717) is 17.9 Å². The summed E-state index contributed by atoms with van der Waals surface area (Å²) in [5, 5.41) is 12.4. The fourth-order valence-electron chi connectivity index (χ4n) is 2.91. The second-order valence-electron chi connectivity index (χ2n) is 8.53. The van der Waals surface area contributed by atoms with E-state index in [9.17, 15) is 14.9 Å². The van der Waals surface area contributed by atoms with E-state index in [0.717, 1.165) is 20.1 Å². The molecule has 3 rings (SSSR count). The Kier molecular flexibility index (Phi) is 8.73. The van der Waals surface area contributed by atoms with Gasteiger partial charge in [-0.3, -0.25) is 0 Å². The van der Waals surface area contributed by atoms with Gasteiger partial charge in [-0.15, -0.1) is 11.3 Å². The van der Waals surface area contributed by atoms with Crippen molar-refractivity contribution in [1.29, 1.82) is 0 Å². The molecule has 0 atom stereocenters. The van der Waals surface area contributed by atoms with E-state index in [2.05, 4.69) is 9.97 Å². The Morgan fingerprint density at radius 2 is 1.92 bits per heavy atom. The molecule has 1 amide bonds. The van der Waals surface area contributed by atoms with Gasteiger partial charge in [-0.2, -0.15) is 0 Å². The minimum Gasteiger partial charge on any atom is -0.468 e. The summed E-state index contributed by atoms with van der Waals surface area (Å²) in [5.74, 6) is 0.449. The molecule has 0 aliphatic heterocycles. The number of nitrogens with zero attached hydrogens (tertiary/aromatic N) is 4. The molecule has 2 aromatic heterocycles. The standard InChI is InChI=1S/C25H28N4O6S/c1-6-33-16-34-18-12-13-19-20(15-18)36-22(26-19)10-8-7-9-17-11-14-21(27-23(17)29(31)32)28(5)24(30)35-25(2,3)4/h7-15H,6,16H2,1-5H3. The summed E-state index contributed by atoms with van der Waals surface area (Å²) in [7, 11) is 1.45. The Balaban J connectivity index is 1.72. The minimum atomic E-state index is -0.699. The summed E-state index contributed by atoms with van der Waals surface area (Å²) in [5.41, 5.74) is 0.443. The van der Waals surface area contributed by atoms with Gasteiger partial charge in [0.1, 0.15) is 16.4 Å². The van der Waals surface area contributed by atoms with Crippen LogP contribution in [0.5, 0.6) is 5.75 Å². The number of hydrogen-bond donors (Lipinski definition) is 0. The fraction of sp³-hybridized carbons (Fsp3) is 0.320. The van der Waals surface area contributed by atoms with Crippen LogP contribution in [0.3, 0.4) is 0 Å². The topological polar surface area (TPSA) is 117 Å². The lowest BCUT2D eigenvalue weighted by Gasteiger charge is -2.22. The van der Waals surface area contributed by atoms with Gasteiger partial charge in [0.05, 0.1) is 15.8 Å². The van der Waals surface area contributed by atoms with E-state index in [4.69, 9.17) is 14.2 Å². The first kappa shape index (κ1) is 26.8. The first-order valence-corrected chi connectivity index (χ1v) is 12.0. The zero-order valence-corrected chi connectivity index (χ0v) is 21.6. The van der Waals surface area contributed by atoms with E-state index < -0.39 is 16.6 Å². The van der Waals surface area contributed by atoms with Gasteiger partial charge in [0.15, 0.2) is 6.79 Å². The van der Waals surface area contributed by atoms with Crippen LogP contribution < -0.4 is 9.64 Å². The maximum absolute atomic E-state index is 12.3. The molecule has 3 aromatic rings. The molecule has 0 unspecified atom stereocenters. The third kappa shape index (κ3) is 7.33. The molecule has 0 fully saturated rings. The molecule has 0 aliphatic rings. The van der Waals surface area contributed by atoms with Crippen LogP contribution in [-0.4, -0.2) is 47.0 Å². The predicted octanol–water partition coefficient (Wildman–Crippen LogP) is 6.07. The van der Waals surface area contributed by atoms with Crippen molar-refractivity contribution >= 4 is 51.4 Å². The summed E-state index contributed by atoms with van der Waals surface area (Å²) in [6, 6.07) is 8.69. The number of amides is 1. The van der Waals surface area contributed by atoms with Crippen LogP contribution in [0.4, 0.5) is 16.4 Å². The first-order valence-electron chi connectivity index (χ1n) is 11.2. The zero-order valence-electron chi connectivity index (χ0n) is 20.8. The number of allylic oxidation sites excluding steroid dienone is 2. The Morgan fingerprint density at radius 1 is 1.17 bits per heavy atom. The van der Waals surface area contributed by atoms with Crippen molar-refractivity contribution < 1.29 is 23.9 Å². The van der Waals surface area contributed by atoms with Crippen LogP contribution in [0.15, 0.2) is 42.5 Å². The number of ether oxygens (including phenoxy) is 3. The van der Waals surface area contributed by atoms with Gasteiger partial charge in [-0.05, 0) is 74.0 Å². The molecule has 0 N–H and O–H groups in total. The number of nitro groups is 1. The maximum Gasteiger partial charge on any atom is 0.417 e. The Hall–Kier alpha value is -3.83. The average molecular weight is 513 g/mol. The third-order valence-corrected chi connectivity index (χ3v) is 5.57. The van der Waals surface area contributed by atoms with Crippen LogP contribution in [0.2, 0.25) is 0 Å². The highest BCUT2D eigenvalue weighted by molar-refractivity contribution is 7.19. The van der Waals surface area contributed by atoms with Crippen molar-refractivity contribution in [3.63, 3.8) is 0 Å². The number of fused-ring (bicyclic) bond motifs is 1. The third-order valence-electron chi connectivity index (χ3n) is 4.59. The summed E-state index contributed by atoms with van der Waals surface area (Å²) < 4.78 is 17.0. The second kappa shape index (κ2) is 11.7. The predicted molar refractivity (Wildman–Crippen MR) is 140 cm³/mol. The molecule has 11 heteroatoms. The van der Waals surface area contributed by atoms with Gasteiger partial charge in [0, 0.05) is 19.7 Å². The monoisotopic (exact) mass is 512 g/mol. The normalized spacial score (nSPS) is 11.9. The molecule has 190 valence electrons. The molecule has 10 nitrogen and oxygen atoms in total. The van der Waals surface area contributed by atoms with Crippen molar-refractivity contribution in [3.8, 4) is 5.75 Å². The molecular formula is C25H28N4O6S. The van der Waals surface area contributed by atoms with Crippen LogP contribution in [-0.2, 0) is 9.47 Å². The number of pyridine rings is 1. The molecule has 36 heavy (non-hydrogen) atoms. The zero-order chi connectivity index (χ0) is 26.3. The van der Waals surface area contributed by atoms with Crippen molar-refractivity contribution in [3.05, 3.63) is 63.2 Å². The van der Waals surface area contributed by atoms with Gasteiger partial charge in [-0.25, -0.2) is 14.7 Å². The quantitative estimate of drug-likeness (QED) is 0.111. The lowest BCUT2D eigenvalue weighted by Crippen LogP contribution is -2.34. The Morgan fingerprint density at radius 3 is 2.61 bits per heavy atom. The number of anilines is 1. The largest absolute Gasteiger partial charge is 0.468 e. The van der Waals surface area contributed by atoms with E-state index >= 15 is 0 Å². The Bertz CT molecular complexity index is 1300. The van der Waals surface area contributed by atoms with Crippen molar-refractivity contribution in [1.82, 2.24) is 9.97 Å². The molecule has 0 saturated heterocycles. The van der Waals surface area contributed by atoms with Crippen LogP contribution in [0, 0.1) is 10.1 Å². The van der Waals surface area contributed by atoms with Crippen molar-refractivity contribution in [2.75, 3.05) is 25.3 Å². The van der Waals surface area contributed by atoms with Gasteiger partial charge in [0.2, 0.25) is 0 Å². The van der Waals surface area contributed by atoms with Gasteiger partial charge in [-0.1, -0.05) is 12.2 Å². The average Bonchev–Trinajstić information content (AvgIpc) is 3.22. The number of hydrogen-bond acceptors (Lipinski definition) is 9. The summed E-state index contributed by atoms with van der Waals surface area (Å²) in [6.07, 6.45) is 6.15. The highest BCUT2D eigenvalue weighted by Crippen LogP contribution is 2.27. The number of carbonyl (C=O) groups excluding carboxylic acids is 1. The lowest BCUT2D eigenvalue weighted by molar-refractivity contribution is -0.389. The molecule has 2 heterocycles. The minimum absolute atomic E-state index is 0.114. The van der Waals surface area contributed by atoms with Crippen molar-refractivity contribution in [2.45, 2.75) is 33.3 Å². The lowest BCUT2D eigenvalue weighted by atomic mass is 10.2. The number of rotatable bonds is 9. The van der Waals surface area contributed by atoms with Crippen LogP contribution >= 0.6 is 11.3 Å². The van der Waals surface area contributed by atoms with Crippen molar-refractivity contribution in [2.24, 2.45) is 0 Å². The number of aromatic nitrogens is 2. The number of carbonyl (C=O) groups is 1. The highest BCUT2D eigenvalue weighted by Gasteiger charge is 2.25. The molecule has 0 spiro atoms. The van der Waals surface area contributed by atoms with Gasteiger partial charge >= 0.3 is 11.9 Å². The smallest absolute Gasteiger partial charge is 0.417 e. The van der Waals surface area contributed by atoms with Crippen LogP contribution in [0.25, 0.3) is 22.4 Å². The molecule has 0 radical (unpaired) electrons. The summed E-state index contributed by atoms with van der Waals surface area (Å²) >= 11 is 1.49. The SMILES string of the molecule is CCOCOc1ccc2nc(C=CC=Cc3ccc(N(C)C(=O)OC(C)(C)C)nc3[N+](=O)[O-])sc2c1. The molecule has 1 aromatic carbocycles. The van der Waals surface area contributed by atoms with Gasteiger partial charge in [0.25, 0.3) is 5.82 Å². The van der Waals surface area contributed by atoms with E-state index in [1.165, 1.54) is 30.5 Å². The number of benzene rings is 1. The van der Waals surface area contributed by atoms with Crippen LogP contribution in [0.1, 0.15) is 38.3 Å². The molecule has 0 aliphatic carbocycles. The highest BCUT2D eigenvalue weighted by atomic mass is 32.1. The first-order chi connectivity index (χ1) is 17.1. The van der Waals surface area contributed by atoms with E-state index in [-0.39, 0.29) is 18.4 Å². The number of thiazole rings is 1. The van der Waals surface area contributed by atoms with E-state index in [1.807, 2.05) is 31.2 Å². The molecule has 0 saturated carbocycles. The summed E-state index contributed by atoms with van der Waals surface area (Å²) in [6.45, 7) is 7.88. The second-order valence-corrected chi connectivity index (χ2v) is 9.60. The van der Waals surface area contributed by atoms with E-state index in [1.54, 1.807) is 39.0 Å². The van der Waals surface area contributed by atoms with Gasteiger partial charge < -0.3 is 24.3 Å². The molecular weight excluding hydrogens is 484 g/mol. The summed E-state index contributed by atoms with van der Waals surface area (Å²) in [4.78, 5) is 33.0. The maximum atomic E-state index is 12.3. The molecule has 0 bridgehead atoms. The Labute approximate surface area is 213 Å².